The Balaban J connectivity index is 3.96. The molecule has 3 heteroatoms. The molecule has 0 radical (unpaired) electrons. The van der Waals surface area contributed by atoms with E-state index >= 15 is 0 Å². The zero-order valence-corrected chi connectivity index (χ0v) is 7.26. The molecule has 0 aromatic carbocycles. The Morgan fingerprint density at radius 2 is 1.91 bits per heavy atom. The molecule has 60 valence electrons. The summed E-state index contributed by atoms with van der Waals surface area (Å²) in [6, 6.07) is 4.21. The zero-order valence-electron chi connectivity index (χ0n) is 7.26. The first-order valence-corrected chi connectivity index (χ1v) is 3.54. The van der Waals surface area contributed by atoms with Gasteiger partial charge in [-0.25, -0.2) is 0 Å². The number of nitrogens with zero attached hydrogens (tertiary/aromatic N) is 3. The van der Waals surface area contributed by atoms with Crippen LogP contribution in [0.15, 0.2) is 0 Å². The lowest BCUT2D eigenvalue weighted by molar-refractivity contribution is 0.216. The molecular weight excluding hydrogens is 138 g/mol. The quantitative estimate of drug-likeness (QED) is 0.607. The molecule has 0 aliphatic carbocycles. The highest BCUT2D eigenvalue weighted by atomic mass is 15.2. The van der Waals surface area contributed by atoms with Crippen LogP contribution < -0.4 is 0 Å². The molecular formula is C8H13N3. The summed E-state index contributed by atoms with van der Waals surface area (Å²) in [7, 11) is 1.85. The molecule has 0 saturated carbocycles. The molecule has 0 spiro atoms. The van der Waals surface area contributed by atoms with Crippen LogP contribution in [0.25, 0.3) is 0 Å². The third-order valence-electron chi connectivity index (χ3n) is 1.79. The summed E-state index contributed by atoms with van der Waals surface area (Å²) in [6.07, 6.45) is 0.474. The Kier molecular flexibility index (Phi) is 3.57. The van der Waals surface area contributed by atoms with Gasteiger partial charge in [0.2, 0.25) is 0 Å². The highest BCUT2D eigenvalue weighted by molar-refractivity contribution is 5.00. The lowest BCUT2D eigenvalue weighted by atomic mass is 10.1. The van der Waals surface area contributed by atoms with E-state index in [2.05, 4.69) is 6.07 Å². The fraction of sp³-hybridized carbons (Fsp3) is 0.750. The minimum absolute atomic E-state index is 0.461. The summed E-state index contributed by atoms with van der Waals surface area (Å²) in [5.74, 6) is 0. The molecule has 0 aliphatic heterocycles. The van der Waals surface area contributed by atoms with Crippen molar-refractivity contribution in [1.29, 1.82) is 10.5 Å². The fourth-order valence-corrected chi connectivity index (χ4v) is 0.583. The molecule has 0 N–H and O–H groups in total. The van der Waals surface area contributed by atoms with Gasteiger partial charge >= 0.3 is 0 Å². The lowest BCUT2D eigenvalue weighted by Gasteiger charge is -2.27. The molecule has 0 rings (SSSR count). The number of hydrogen-bond acceptors (Lipinski definition) is 3. The average molecular weight is 151 g/mol. The first kappa shape index (κ1) is 9.94. The van der Waals surface area contributed by atoms with Crippen LogP contribution >= 0.6 is 0 Å². The number of nitriles is 2. The minimum Gasteiger partial charge on any atom is -0.288 e. The predicted octanol–water partition coefficient (Wildman–Crippen LogP) is 1.13. The highest BCUT2D eigenvalue weighted by Gasteiger charge is 2.21. The van der Waals surface area contributed by atoms with E-state index in [1.807, 2.05) is 31.9 Å². The van der Waals surface area contributed by atoms with E-state index in [1.165, 1.54) is 0 Å². The van der Waals surface area contributed by atoms with Crippen LogP contribution in [0.1, 0.15) is 20.3 Å². The molecule has 0 amide bonds. The second-order valence-corrected chi connectivity index (χ2v) is 3.00. The lowest BCUT2D eigenvalue weighted by Crippen LogP contribution is -2.40. The molecule has 0 aromatic heterocycles. The predicted molar refractivity (Wildman–Crippen MR) is 42.6 cm³/mol. The SMILES string of the molecule is CN(CCC#N)C(C)(C)C#N. The summed E-state index contributed by atoms with van der Waals surface area (Å²) in [6.45, 7) is 4.33. The van der Waals surface area contributed by atoms with E-state index in [9.17, 15) is 0 Å². The van der Waals surface area contributed by atoms with Gasteiger partial charge in [-0.2, -0.15) is 10.5 Å². The van der Waals surface area contributed by atoms with Crippen molar-refractivity contribution in [3.8, 4) is 12.1 Å². The molecule has 0 heterocycles. The van der Waals surface area contributed by atoms with Crippen molar-refractivity contribution < 1.29 is 0 Å². The van der Waals surface area contributed by atoms with E-state index < -0.39 is 5.54 Å². The first-order chi connectivity index (χ1) is 5.04. The minimum atomic E-state index is -0.461. The standard InChI is InChI=1S/C8H13N3/c1-8(2,7-10)11(3)6-4-5-9/h4,6H2,1-3H3. The largest absolute Gasteiger partial charge is 0.288 e. The summed E-state index contributed by atoms with van der Waals surface area (Å²) >= 11 is 0. The van der Waals surface area contributed by atoms with Crippen molar-refractivity contribution in [2.45, 2.75) is 25.8 Å². The molecule has 3 nitrogen and oxygen atoms in total. The van der Waals surface area contributed by atoms with Crippen molar-refractivity contribution in [3.63, 3.8) is 0 Å². The summed E-state index contributed by atoms with van der Waals surface area (Å²) in [5, 5.41) is 17.0. The molecule has 0 aromatic rings. The van der Waals surface area contributed by atoms with Gasteiger partial charge in [0.05, 0.1) is 12.1 Å². The van der Waals surface area contributed by atoms with Crippen molar-refractivity contribution >= 4 is 0 Å². The highest BCUT2D eigenvalue weighted by Crippen LogP contribution is 2.09. The van der Waals surface area contributed by atoms with E-state index in [0.717, 1.165) is 0 Å². The molecule has 11 heavy (non-hydrogen) atoms. The summed E-state index contributed by atoms with van der Waals surface area (Å²) in [4.78, 5) is 1.87. The first-order valence-electron chi connectivity index (χ1n) is 3.54. The third kappa shape index (κ3) is 3.02. The Hall–Kier alpha value is -1.06. The second kappa shape index (κ2) is 3.95. The molecule has 0 fully saturated rings. The van der Waals surface area contributed by atoms with Crippen LogP contribution in [0, 0.1) is 22.7 Å². The maximum atomic E-state index is 8.69. The maximum absolute atomic E-state index is 8.69. The van der Waals surface area contributed by atoms with Crippen molar-refractivity contribution in [2.75, 3.05) is 13.6 Å². The van der Waals surface area contributed by atoms with Gasteiger partial charge in [-0.05, 0) is 20.9 Å². The third-order valence-corrected chi connectivity index (χ3v) is 1.79. The Labute approximate surface area is 67.8 Å². The van der Waals surface area contributed by atoms with Gasteiger partial charge in [-0.3, -0.25) is 4.90 Å². The molecule has 0 unspecified atom stereocenters. The van der Waals surface area contributed by atoms with Crippen molar-refractivity contribution in [3.05, 3.63) is 0 Å². The Bertz CT molecular complexity index is 194. The Morgan fingerprint density at radius 1 is 1.36 bits per heavy atom. The second-order valence-electron chi connectivity index (χ2n) is 3.00. The van der Waals surface area contributed by atoms with Gasteiger partial charge in [-0.15, -0.1) is 0 Å². The van der Waals surface area contributed by atoms with E-state index in [-0.39, 0.29) is 0 Å². The average Bonchev–Trinajstić information content (AvgIpc) is 2.00. The normalized spacial score (nSPS) is 10.7. The zero-order chi connectivity index (χ0) is 8.91. The van der Waals surface area contributed by atoms with Crippen LogP contribution in [-0.2, 0) is 0 Å². The smallest absolute Gasteiger partial charge is 0.103 e. The van der Waals surface area contributed by atoms with Crippen LogP contribution in [0.3, 0.4) is 0 Å². The van der Waals surface area contributed by atoms with Gasteiger partial charge in [0.15, 0.2) is 0 Å². The van der Waals surface area contributed by atoms with Gasteiger partial charge in [0, 0.05) is 13.0 Å². The van der Waals surface area contributed by atoms with Crippen LogP contribution in [0.2, 0.25) is 0 Å². The monoisotopic (exact) mass is 151 g/mol. The summed E-state index contributed by atoms with van der Waals surface area (Å²) in [5.41, 5.74) is -0.461. The van der Waals surface area contributed by atoms with E-state index in [0.29, 0.717) is 13.0 Å². The van der Waals surface area contributed by atoms with E-state index in [4.69, 9.17) is 10.5 Å². The molecule has 0 bridgehead atoms. The topological polar surface area (TPSA) is 50.8 Å². The maximum Gasteiger partial charge on any atom is 0.103 e. The number of rotatable bonds is 3. The van der Waals surface area contributed by atoms with Crippen molar-refractivity contribution in [2.24, 2.45) is 0 Å². The Morgan fingerprint density at radius 3 is 2.27 bits per heavy atom. The fourth-order valence-electron chi connectivity index (χ4n) is 0.583. The van der Waals surface area contributed by atoms with Gasteiger partial charge in [-0.1, -0.05) is 0 Å². The number of hydrogen-bond donors (Lipinski definition) is 0. The van der Waals surface area contributed by atoms with Gasteiger partial charge in [0.1, 0.15) is 5.54 Å². The van der Waals surface area contributed by atoms with E-state index in [1.54, 1.807) is 0 Å². The summed E-state index contributed by atoms with van der Waals surface area (Å²) < 4.78 is 0. The van der Waals surface area contributed by atoms with Gasteiger partial charge in [0.25, 0.3) is 0 Å². The van der Waals surface area contributed by atoms with Crippen LogP contribution in [0.5, 0.6) is 0 Å². The van der Waals surface area contributed by atoms with Crippen LogP contribution in [0.4, 0.5) is 0 Å². The van der Waals surface area contributed by atoms with Gasteiger partial charge < -0.3 is 0 Å². The molecule has 0 aliphatic rings. The molecule has 0 saturated heterocycles. The molecule has 0 atom stereocenters. The van der Waals surface area contributed by atoms with Crippen LogP contribution in [-0.4, -0.2) is 24.0 Å². The van der Waals surface area contributed by atoms with Crippen molar-refractivity contribution in [1.82, 2.24) is 4.90 Å².